The SMILES string of the molecule is CC(C)(CC(=O)O)NC(=O)c1ccccc1I. The third kappa shape index (κ3) is 4.33. The molecule has 0 unspecified atom stereocenters. The lowest BCUT2D eigenvalue weighted by atomic mass is 10.00. The molecule has 0 aromatic heterocycles. The van der Waals surface area contributed by atoms with E-state index in [4.69, 9.17) is 5.11 Å². The van der Waals surface area contributed by atoms with E-state index >= 15 is 0 Å². The van der Waals surface area contributed by atoms with Gasteiger partial charge < -0.3 is 10.4 Å². The third-order valence-corrected chi connectivity index (χ3v) is 3.10. The highest BCUT2D eigenvalue weighted by molar-refractivity contribution is 14.1. The van der Waals surface area contributed by atoms with Gasteiger partial charge in [-0.2, -0.15) is 0 Å². The van der Waals surface area contributed by atoms with E-state index in [1.54, 1.807) is 26.0 Å². The van der Waals surface area contributed by atoms with Crippen molar-refractivity contribution >= 4 is 34.5 Å². The molecule has 1 aromatic carbocycles. The predicted octanol–water partition coefficient (Wildman–Crippen LogP) is 2.27. The number of carbonyl (C=O) groups is 2. The van der Waals surface area contributed by atoms with Crippen molar-refractivity contribution in [1.82, 2.24) is 5.32 Å². The van der Waals surface area contributed by atoms with Crippen LogP contribution in [0.1, 0.15) is 30.6 Å². The maximum Gasteiger partial charge on any atom is 0.305 e. The fourth-order valence-corrected chi connectivity index (χ4v) is 2.07. The van der Waals surface area contributed by atoms with Gasteiger partial charge in [-0.05, 0) is 48.6 Å². The molecule has 0 bridgehead atoms. The molecule has 5 heteroatoms. The minimum atomic E-state index is -0.932. The topological polar surface area (TPSA) is 66.4 Å². The number of amides is 1. The molecule has 1 rings (SSSR count). The lowest BCUT2D eigenvalue weighted by Gasteiger charge is -2.24. The summed E-state index contributed by atoms with van der Waals surface area (Å²) in [5.41, 5.74) is -0.200. The van der Waals surface area contributed by atoms with Crippen LogP contribution in [0.5, 0.6) is 0 Å². The first-order chi connectivity index (χ1) is 7.82. The van der Waals surface area contributed by atoms with E-state index in [9.17, 15) is 9.59 Å². The molecule has 1 amide bonds. The van der Waals surface area contributed by atoms with Gasteiger partial charge in [0, 0.05) is 9.11 Å². The minimum Gasteiger partial charge on any atom is -0.481 e. The summed E-state index contributed by atoms with van der Waals surface area (Å²) < 4.78 is 0.841. The van der Waals surface area contributed by atoms with E-state index < -0.39 is 11.5 Å². The number of carboxylic acids is 1. The number of aliphatic carboxylic acids is 1. The molecule has 4 nitrogen and oxygen atoms in total. The van der Waals surface area contributed by atoms with Crippen molar-refractivity contribution in [3.05, 3.63) is 33.4 Å². The lowest BCUT2D eigenvalue weighted by molar-refractivity contribution is -0.138. The molecule has 17 heavy (non-hydrogen) atoms. The van der Waals surface area contributed by atoms with E-state index in [2.05, 4.69) is 27.9 Å². The normalized spacial score (nSPS) is 11.0. The summed E-state index contributed by atoms with van der Waals surface area (Å²) in [6.45, 7) is 3.38. The summed E-state index contributed by atoms with van der Waals surface area (Å²) in [6, 6.07) is 7.18. The van der Waals surface area contributed by atoms with Gasteiger partial charge in [0.2, 0.25) is 0 Å². The van der Waals surface area contributed by atoms with Crippen molar-refractivity contribution in [2.45, 2.75) is 25.8 Å². The van der Waals surface area contributed by atoms with Crippen LogP contribution < -0.4 is 5.32 Å². The smallest absolute Gasteiger partial charge is 0.305 e. The molecule has 0 spiro atoms. The fraction of sp³-hybridized carbons (Fsp3) is 0.333. The highest BCUT2D eigenvalue weighted by Crippen LogP contribution is 2.14. The second-order valence-corrected chi connectivity index (χ2v) is 5.55. The molecule has 0 aliphatic carbocycles. The Hall–Kier alpha value is -1.11. The summed E-state index contributed by atoms with van der Waals surface area (Å²) in [5.74, 6) is -1.18. The molecule has 0 aliphatic rings. The quantitative estimate of drug-likeness (QED) is 0.822. The largest absolute Gasteiger partial charge is 0.481 e. The van der Waals surface area contributed by atoms with Crippen molar-refractivity contribution in [2.75, 3.05) is 0 Å². The number of hydrogen-bond acceptors (Lipinski definition) is 2. The maximum atomic E-state index is 12.0. The van der Waals surface area contributed by atoms with E-state index in [0.717, 1.165) is 3.57 Å². The van der Waals surface area contributed by atoms with Crippen LogP contribution in [-0.4, -0.2) is 22.5 Å². The predicted molar refractivity (Wildman–Crippen MR) is 73.0 cm³/mol. The van der Waals surface area contributed by atoms with Crippen LogP contribution in [0.4, 0.5) is 0 Å². The summed E-state index contributed by atoms with van der Waals surface area (Å²) in [5, 5.41) is 11.5. The average molecular weight is 347 g/mol. The highest BCUT2D eigenvalue weighted by Gasteiger charge is 2.24. The fourth-order valence-electron chi connectivity index (χ4n) is 1.44. The van der Waals surface area contributed by atoms with Gasteiger partial charge in [0.25, 0.3) is 5.91 Å². The van der Waals surface area contributed by atoms with Gasteiger partial charge in [0.1, 0.15) is 0 Å². The number of hydrogen-bond donors (Lipinski definition) is 2. The molecule has 0 heterocycles. The minimum absolute atomic E-state index is 0.109. The van der Waals surface area contributed by atoms with Crippen molar-refractivity contribution in [2.24, 2.45) is 0 Å². The zero-order valence-corrected chi connectivity index (χ0v) is 11.8. The van der Waals surface area contributed by atoms with Crippen LogP contribution in [-0.2, 0) is 4.79 Å². The third-order valence-electron chi connectivity index (χ3n) is 2.16. The Kier molecular flexibility index (Phi) is 4.50. The molecular weight excluding hydrogens is 333 g/mol. The van der Waals surface area contributed by atoms with Crippen molar-refractivity contribution < 1.29 is 14.7 Å². The number of rotatable bonds is 4. The summed E-state index contributed by atoms with van der Waals surface area (Å²) in [7, 11) is 0. The van der Waals surface area contributed by atoms with Crippen LogP contribution in [0.25, 0.3) is 0 Å². The summed E-state index contributed by atoms with van der Waals surface area (Å²) >= 11 is 2.08. The number of benzene rings is 1. The summed E-state index contributed by atoms with van der Waals surface area (Å²) in [6.07, 6.45) is -0.109. The van der Waals surface area contributed by atoms with Gasteiger partial charge in [-0.3, -0.25) is 9.59 Å². The first kappa shape index (κ1) is 14.0. The zero-order chi connectivity index (χ0) is 13.1. The maximum absolute atomic E-state index is 12.0. The number of carboxylic acid groups (broad SMARTS) is 1. The van der Waals surface area contributed by atoms with Gasteiger partial charge >= 0.3 is 5.97 Å². The van der Waals surface area contributed by atoms with Gasteiger partial charge in [0.05, 0.1) is 12.0 Å². The monoisotopic (exact) mass is 347 g/mol. The Balaban J connectivity index is 2.79. The molecule has 92 valence electrons. The standard InChI is InChI=1S/C12H14INO3/c1-12(2,7-10(15)16)14-11(17)8-5-3-4-6-9(8)13/h3-6H,7H2,1-2H3,(H,14,17)(H,15,16). The first-order valence-corrected chi connectivity index (χ1v) is 6.18. The van der Waals surface area contributed by atoms with Crippen LogP contribution in [0.2, 0.25) is 0 Å². The van der Waals surface area contributed by atoms with E-state index in [0.29, 0.717) is 5.56 Å². The van der Waals surface area contributed by atoms with Gasteiger partial charge in [-0.15, -0.1) is 0 Å². The molecule has 0 aliphatic heterocycles. The van der Waals surface area contributed by atoms with Crippen molar-refractivity contribution in [1.29, 1.82) is 0 Å². The van der Waals surface area contributed by atoms with Gasteiger partial charge in [-0.1, -0.05) is 12.1 Å². The van der Waals surface area contributed by atoms with E-state index in [1.165, 1.54) is 0 Å². The molecule has 1 aromatic rings. The van der Waals surface area contributed by atoms with E-state index in [1.807, 2.05) is 12.1 Å². The number of carbonyl (C=O) groups excluding carboxylic acids is 1. The molecule has 0 fully saturated rings. The summed E-state index contributed by atoms with van der Waals surface area (Å²) in [4.78, 5) is 22.6. The average Bonchev–Trinajstić information content (AvgIpc) is 2.14. The van der Waals surface area contributed by atoms with Crippen molar-refractivity contribution in [3.63, 3.8) is 0 Å². The Morgan fingerprint density at radius 3 is 2.47 bits per heavy atom. The van der Waals surface area contributed by atoms with E-state index in [-0.39, 0.29) is 12.3 Å². The second kappa shape index (κ2) is 5.48. The zero-order valence-electron chi connectivity index (χ0n) is 9.66. The number of nitrogens with one attached hydrogen (secondary N) is 1. The Morgan fingerprint density at radius 2 is 1.94 bits per heavy atom. The molecular formula is C12H14INO3. The Bertz CT molecular complexity index is 443. The van der Waals surface area contributed by atoms with Crippen LogP contribution >= 0.6 is 22.6 Å². The Labute approximate surface area is 114 Å². The molecule has 0 radical (unpaired) electrons. The number of halogens is 1. The highest BCUT2D eigenvalue weighted by atomic mass is 127. The molecule has 0 atom stereocenters. The molecule has 0 saturated carbocycles. The lowest BCUT2D eigenvalue weighted by Crippen LogP contribution is -2.45. The van der Waals surface area contributed by atoms with Gasteiger partial charge in [0.15, 0.2) is 0 Å². The van der Waals surface area contributed by atoms with Crippen LogP contribution in [0.15, 0.2) is 24.3 Å². The van der Waals surface area contributed by atoms with Crippen LogP contribution in [0, 0.1) is 3.57 Å². The second-order valence-electron chi connectivity index (χ2n) is 4.39. The van der Waals surface area contributed by atoms with Gasteiger partial charge in [-0.25, -0.2) is 0 Å². The van der Waals surface area contributed by atoms with Crippen LogP contribution in [0.3, 0.4) is 0 Å². The Morgan fingerprint density at radius 1 is 1.35 bits per heavy atom. The molecule has 2 N–H and O–H groups in total. The van der Waals surface area contributed by atoms with Crippen molar-refractivity contribution in [3.8, 4) is 0 Å². The first-order valence-electron chi connectivity index (χ1n) is 5.11. The molecule has 0 saturated heterocycles.